The number of amides is 1. The van der Waals surface area contributed by atoms with Crippen LogP contribution in [0.4, 0.5) is 9.18 Å². The summed E-state index contributed by atoms with van der Waals surface area (Å²) >= 11 is 0. The molecule has 1 N–H and O–H groups in total. The number of benzene rings is 3. The van der Waals surface area contributed by atoms with Crippen LogP contribution in [0.3, 0.4) is 0 Å². The maximum atomic E-state index is 15.7. The Morgan fingerprint density at radius 3 is 2.25 bits per heavy atom. The predicted molar refractivity (Wildman–Crippen MR) is 155 cm³/mol. The van der Waals surface area contributed by atoms with E-state index in [0.29, 0.717) is 22.4 Å². The van der Waals surface area contributed by atoms with E-state index >= 15 is 4.39 Å². The fourth-order valence-electron chi connectivity index (χ4n) is 4.26. The van der Waals surface area contributed by atoms with E-state index in [4.69, 9.17) is 14.2 Å². The molecular formula is C33H40FNO5. The summed E-state index contributed by atoms with van der Waals surface area (Å²) in [6.07, 6.45) is -0.508. The van der Waals surface area contributed by atoms with E-state index in [-0.39, 0.29) is 19.0 Å². The molecule has 0 aliphatic rings. The fourth-order valence-corrected chi connectivity index (χ4v) is 4.26. The Balaban J connectivity index is 1.79. The molecule has 0 radical (unpaired) electrons. The minimum absolute atomic E-state index is 0.0973. The molecule has 0 aliphatic carbocycles. The van der Waals surface area contributed by atoms with Gasteiger partial charge in [-0.05, 0) is 78.6 Å². The van der Waals surface area contributed by atoms with Gasteiger partial charge in [-0.25, -0.2) is 9.18 Å². The molecule has 7 heteroatoms. The zero-order chi connectivity index (χ0) is 29.7. The van der Waals surface area contributed by atoms with Crippen molar-refractivity contribution in [3.8, 4) is 16.9 Å². The number of halogens is 1. The number of hydrogen-bond acceptors (Lipinski definition) is 5. The highest BCUT2D eigenvalue weighted by atomic mass is 19.1. The lowest BCUT2D eigenvalue weighted by Gasteiger charge is -2.22. The predicted octanol–water partition coefficient (Wildman–Crippen LogP) is 7.85. The third kappa shape index (κ3) is 9.11. The summed E-state index contributed by atoms with van der Waals surface area (Å²) in [5, 5.41) is 2.71. The standard InChI is InChI=1S/C33H40FNO5/c1-21-16-23(20-38-28-15-10-9-12-24(28)19-29(36)39-32(3,4)5)18-25(17-21)27-14-11-13-26(30(27)34)22(2)35-31(37)40-33(6,7)8/h9-18,22H,19-20H2,1-8H3,(H,35,37)/t22-/m1/s1. The van der Waals surface area contributed by atoms with Gasteiger partial charge in [0.15, 0.2) is 0 Å². The second-order valence-corrected chi connectivity index (χ2v) is 11.9. The van der Waals surface area contributed by atoms with E-state index < -0.39 is 29.2 Å². The lowest BCUT2D eigenvalue weighted by Crippen LogP contribution is -2.34. The summed E-state index contributed by atoms with van der Waals surface area (Å²) < 4.78 is 32.6. The molecule has 6 nitrogen and oxygen atoms in total. The van der Waals surface area contributed by atoms with Crippen molar-refractivity contribution < 1.29 is 28.2 Å². The van der Waals surface area contributed by atoms with E-state index in [1.165, 1.54) is 0 Å². The van der Waals surface area contributed by atoms with Crippen LogP contribution in [0.1, 0.15) is 76.8 Å². The Morgan fingerprint density at radius 1 is 0.900 bits per heavy atom. The third-order valence-corrected chi connectivity index (χ3v) is 5.80. The zero-order valence-corrected chi connectivity index (χ0v) is 24.7. The normalized spacial score (nSPS) is 12.4. The molecule has 0 aliphatic heterocycles. The molecule has 0 saturated carbocycles. The highest BCUT2D eigenvalue weighted by Gasteiger charge is 2.22. The molecule has 0 fully saturated rings. The quantitative estimate of drug-likeness (QED) is 0.290. The molecule has 40 heavy (non-hydrogen) atoms. The van der Waals surface area contributed by atoms with Crippen molar-refractivity contribution in [1.82, 2.24) is 5.32 Å². The number of aryl methyl sites for hydroxylation is 1. The van der Waals surface area contributed by atoms with Crippen LogP contribution in [0.2, 0.25) is 0 Å². The van der Waals surface area contributed by atoms with Crippen LogP contribution in [0.15, 0.2) is 60.7 Å². The molecule has 0 spiro atoms. The number of alkyl carbamates (subject to hydrolysis) is 1. The Morgan fingerprint density at radius 2 is 1.57 bits per heavy atom. The zero-order valence-electron chi connectivity index (χ0n) is 24.7. The van der Waals surface area contributed by atoms with Crippen LogP contribution >= 0.6 is 0 Å². The monoisotopic (exact) mass is 549 g/mol. The summed E-state index contributed by atoms with van der Waals surface area (Å²) in [4.78, 5) is 24.6. The first-order chi connectivity index (χ1) is 18.6. The van der Waals surface area contributed by atoms with Crippen LogP contribution in [0.25, 0.3) is 11.1 Å². The molecule has 0 bridgehead atoms. The summed E-state index contributed by atoms with van der Waals surface area (Å²) in [6, 6.07) is 17.7. The van der Waals surface area contributed by atoms with E-state index in [0.717, 1.165) is 16.7 Å². The van der Waals surface area contributed by atoms with E-state index in [1.54, 1.807) is 45.9 Å². The number of carbonyl (C=O) groups is 2. The maximum absolute atomic E-state index is 15.7. The molecule has 1 amide bonds. The molecular weight excluding hydrogens is 509 g/mol. The van der Waals surface area contributed by atoms with Crippen LogP contribution in [0, 0.1) is 12.7 Å². The van der Waals surface area contributed by atoms with E-state index in [9.17, 15) is 9.59 Å². The van der Waals surface area contributed by atoms with Crippen molar-refractivity contribution >= 4 is 12.1 Å². The molecule has 3 aromatic rings. The number of rotatable bonds is 8. The van der Waals surface area contributed by atoms with Crippen LogP contribution in [0.5, 0.6) is 5.75 Å². The lowest BCUT2D eigenvalue weighted by molar-refractivity contribution is -0.153. The topological polar surface area (TPSA) is 73.9 Å². The molecule has 214 valence electrons. The lowest BCUT2D eigenvalue weighted by atomic mass is 9.96. The van der Waals surface area contributed by atoms with Crippen molar-refractivity contribution in [3.05, 3.63) is 88.7 Å². The van der Waals surface area contributed by atoms with Gasteiger partial charge in [-0.15, -0.1) is 0 Å². The molecule has 0 unspecified atom stereocenters. The van der Waals surface area contributed by atoms with Crippen molar-refractivity contribution in [2.75, 3.05) is 0 Å². The second kappa shape index (κ2) is 12.5. The number of para-hydroxylation sites is 1. The highest BCUT2D eigenvalue weighted by molar-refractivity contribution is 5.74. The largest absolute Gasteiger partial charge is 0.489 e. The first kappa shape index (κ1) is 30.7. The van der Waals surface area contributed by atoms with Crippen LogP contribution in [-0.4, -0.2) is 23.3 Å². The van der Waals surface area contributed by atoms with Gasteiger partial charge in [0.1, 0.15) is 29.4 Å². The fraction of sp³-hybridized carbons (Fsp3) is 0.394. The van der Waals surface area contributed by atoms with Crippen molar-refractivity contribution in [3.63, 3.8) is 0 Å². The number of nitrogens with one attached hydrogen (secondary N) is 1. The Kier molecular flexibility index (Phi) is 9.61. The van der Waals surface area contributed by atoms with Gasteiger partial charge in [0.05, 0.1) is 12.5 Å². The van der Waals surface area contributed by atoms with E-state index in [2.05, 4.69) is 5.32 Å². The molecule has 0 aromatic heterocycles. The first-order valence-electron chi connectivity index (χ1n) is 13.4. The van der Waals surface area contributed by atoms with Gasteiger partial charge in [0.25, 0.3) is 0 Å². The smallest absolute Gasteiger partial charge is 0.408 e. The van der Waals surface area contributed by atoms with Gasteiger partial charge in [0, 0.05) is 16.7 Å². The van der Waals surface area contributed by atoms with E-state index in [1.807, 2.05) is 70.2 Å². The van der Waals surface area contributed by atoms with Gasteiger partial charge < -0.3 is 19.5 Å². The highest BCUT2D eigenvalue weighted by Crippen LogP contribution is 2.30. The van der Waals surface area contributed by atoms with Crippen molar-refractivity contribution in [1.29, 1.82) is 0 Å². The maximum Gasteiger partial charge on any atom is 0.408 e. The van der Waals surface area contributed by atoms with Gasteiger partial charge in [-0.1, -0.05) is 54.1 Å². The molecule has 0 saturated heterocycles. The van der Waals surface area contributed by atoms with Gasteiger partial charge >= 0.3 is 12.1 Å². The average molecular weight is 550 g/mol. The Labute approximate surface area is 236 Å². The third-order valence-electron chi connectivity index (χ3n) is 5.80. The SMILES string of the molecule is Cc1cc(COc2ccccc2CC(=O)OC(C)(C)C)cc(-c2cccc([C@@H](C)NC(=O)OC(C)(C)C)c2F)c1. The molecule has 3 aromatic carbocycles. The van der Waals surface area contributed by atoms with Crippen molar-refractivity contribution in [2.45, 2.75) is 85.7 Å². The van der Waals surface area contributed by atoms with Gasteiger partial charge in [-0.2, -0.15) is 0 Å². The summed E-state index contributed by atoms with van der Waals surface area (Å²) in [6.45, 7) is 14.7. The van der Waals surface area contributed by atoms with Crippen LogP contribution in [-0.2, 0) is 27.3 Å². The van der Waals surface area contributed by atoms with Crippen molar-refractivity contribution in [2.24, 2.45) is 0 Å². The average Bonchev–Trinajstić information content (AvgIpc) is 2.80. The molecule has 0 heterocycles. The van der Waals surface area contributed by atoms with Gasteiger partial charge in [-0.3, -0.25) is 4.79 Å². The Bertz CT molecular complexity index is 1350. The minimum Gasteiger partial charge on any atom is -0.489 e. The first-order valence-corrected chi connectivity index (χ1v) is 13.4. The van der Waals surface area contributed by atoms with Crippen LogP contribution < -0.4 is 10.1 Å². The number of ether oxygens (including phenoxy) is 3. The summed E-state index contributed by atoms with van der Waals surface area (Å²) in [7, 11) is 0. The molecule has 1 atom stereocenters. The van der Waals surface area contributed by atoms with Gasteiger partial charge in [0.2, 0.25) is 0 Å². The Hall–Kier alpha value is -3.87. The summed E-state index contributed by atoms with van der Waals surface area (Å²) in [5.74, 6) is -0.148. The second-order valence-electron chi connectivity index (χ2n) is 11.9. The number of esters is 1. The number of carbonyl (C=O) groups excluding carboxylic acids is 2. The number of hydrogen-bond donors (Lipinski definition) is 1. The minimum atomic E-state index is -0.652. The summed E-state index contributed by atoms with van der Waals surface area (Å²) in [5.41, 5.74) is 2.79. The molecule has 3 rings (SSSR count).